The van der Waals surface area contributed by atoms with Gasteiger partial charge in [-0.3, -0.25) is 0 Å². The van der Waals surface area contributed by atoms with E-state index in [1.54, 1.807) is 0 Å². The average Bonchev–Trinajstić information content (AvgIpc) is 2.22. The molecule has 0 aromatic heterocycles. The summed E-state index contributed by atoms with van der Waals surface area (Å²) in [6, 6.07) is 6.88. The van der Waals surface area contributed by atoms with Gasteiger partial charge in [0.2, 0.25) is 0 Å². The molecule has 0 unspecified atom stereocenters. The lowest BCUT2D eigenvalue weighted by atomic mass is 9.86. The van der Waals surface area contributed by atoms with Crippen molar-refractivity contribution in [2.75, 3.05) is 0 Å². The van der Waals surface area contributed by atoms with Crippen molar-refractivity contribution in [3.63, 3.8) is 0 Å². The highest BCUT2D eigenvalue weighted by atomic mass is 14.7. The van der Waals surface area contributed by atoms with Crippen LogP contribution < -0.4 is 5.73 Å². The Labute approximate surface area is 80.0 Å². The van der Waals surface area contributed by atoms with Crippen molar-refractivity contribution in [2.24, 2.45) is 5.73 Å². The maximum absolute atomic E-state index is 6.09. The van der Waals surface area contributed by atoms with Gasteiger partial charge < -0.3 is 5.73 Å². The molecule has 0 amide bonds. The minimum Gasteiger partial charge on any atom is -0.324 e. The SMILES string of the molecule is Cc1ccc2c(c1)[C@H](N)CC2(C)C. The predicted molar refractivity (Wildman–Crippen MR) is 55.8 cm³/mol. The Balaban J connectivity index is 2.59. The van der Waals surface area contributed by atoms with Crippen LogP contribution in [0.25, 0.3) is 0 Å². The second-order valence-corrected chi connectivity index (χ2v) is 4.79. The summed E-state index contributed by atoms with van der Waals surface area (Å²) >= 11 is 0. The van der Waals surface area contributed by atoms with Crippen LogP contribution in [0.4, 0.5) is 0 Å². The normalized spacial score (nSPS) is 24.5. The fourth-order valence-electron chi connectivity index (χ4n) is 2.37. The lowest BCUT2D eigenvalue weighted by Crippen LogP contribution is -2.14. The molecule has 0 radical (unpaired) electrons. The summed E-state index contributed by atoms with van der Waals surface area (Å²) in [5.41, 5.74) is 10.5. The predicted octanol–water partition coefficient (Wildman–Crippen LogP) is 2.68. The Bertz CT molecular complexity index is 339. The van der Waals surface area contributed by atoms with Crippen molar-refractivity contribution in [2.45, 2.75) is 38.6 Å². The van der Waals surface area contributed by atoms with Crippen molar-refractivity contribution in [3.8, 4) is 0 Å². The Morgan fingerprint density at radius 2 is 2.08 bits per heavy atom. The van der Waals surface area contributed by atoms with Crippen LogP contribution in [0.3, 0.4) is 0 Å². The van der Waals surface area contributed by atoms with Crippen LogP contribution in [0.1, 0.15) is 43.0 Å². The van der Waals surface area contributed by atoms with Crippen LogP contribution in [0.5, 0.6) is 0 Å². The van der Waals surface area contributed by atoms with Gasteiger partial charge in [0.05, 0.1) is 0 Å². The van der Waals surface area contributed by atoms with E-state index < -0.39 is 0 Å². The number of aryl methyl sites for hydroxylation is 1. The topological polar surface area (TPSA) is 26.0 Å². The first-order chi connectivity index (χ1) is 6.00. The van der Waals surface area contributed by atoms with Gasteiger partial charge in [-0.1, -0.05) is 37.6 Å². The molecule has 2 N–H and O–H groups in total. The van der Waals surface area contributed by atoms with Gasteiger partial charge in [0.25, 0.3) is 0 Å². The van der Waals surface area contributed by atoms with Gasteiger partial charge in [-0.05, 0) is 29.9 Å². The Hall–Kier alpha value is -0.820. The Morgan fingerprint density at radius 1 is 1.38 bits per heavy atom. The molecular weight excluding hydrogens is 158 g/mol. The molecule has 0 bridgehead atoms. The summed E-state index contributed by atoms with van der Waals surface area (Å²) in [5.74, 6) is 0. The van der Waals surface area contributed by atoms with Crippen molar-refractivity contribution in [1.82, 2.24) is 0 Å². The summed E-state index contributed by atoms with van der Waals surface area (Å²) in [6.45, 7) is 6.67. The molecule has 1 aromatic carbocycles. The number of hydrogen-bond donors (Lipinski definition) is 1. The summed E-state index contributed by atoms with van der Waals surface area (Å²) in [5, 5.41) is 0. The molecule has 13 heavy (non-hydrogen) atoms. The molecule has 0 saturated carbocycles. The fourth-order valence-corrected chi connectivity index (χ4v) is 2.37. The van der Waals surface area contributed by atoms with Gasteiger partial charge in [0.15, 0.2) is 0 Å². The molecule has 1 aliphatic rings. The van der Waals surface area contributed by atoms with Crippen LogP contribution in [-0.2, 0) is 5.41 Å². The van der Waals surface area contributed by atoms with Crippen molar-refractivity contribution in [3.05, 3.63) is 34.9 Å². The molecule has 2 rings (SSSR count). The van der Waals surface area contributed by atoms with E-state index in [4.69, 9.17) is 5.73 Å². The minimum absolute atomic E-state index is 0.241. The van der Waals surface area contributed by atoms with Crippen molar-refractivity contribution >= 4 is 0 Å². The van der Waals surface area contributed by atoms with Gasteiger partial charge in [0.1, 0.15) is 0 Å². The molecule has 0 aliphatic heterocycles. The first-order valence-electron chi connectivity index (χ1n) is 4.87. The molecule has 1 nitrogen and oxygen atoms in total. The monoisotopic (exact) mass is 175 g/mol. The molecule has 1 aliphatic carbocycles. The number of hydrogen-bond acceptors (Lipinski definition) is 1. The first kappa shape index (κ1) is 8.76. The van der Waals surface area contributed by atoms with E-state index in [0.717, 1.165) is 6.42 Å². The summed E-state index contributed by atoms with van der Waals surface area (Å²) in [4.78, 5) is 0. The summed E-state index contributed by atoms with van der Waals surface area (Å²) in [7, 11) is 0. The van der Waals surface area contributed by atoms with E-state index in [1.165, 1.54) is 16.7 Å². The quantitative estimate of drug-likeness (QED) is 0.644. The number of fused-ring (bicyclic) bond motifs is 1. The van der Waals surface area contributed by atoms with Crippen LogP contribution >= 0.6 is 0 Å². The van der Waals surface area contributed by atoms with E-state index in [0.29, 0.717) is 0 Å². The second kappa shape index (κ2) is 2.58. The van der Waals surface area contributed by atoms with Crippen LogP contribution in [0.15, 0.2) is 18.2 Å². The van der Waals surface area contributed by atoms with Gasteiger partial charge in [0, 0.05) is 6.04 Å². The Morgan fingerprint density at radius 3 is 2.77 bits per heavy atom. The third kappa shape index (κ3) is 1.28. The van der Waals surface area contributed by atoms with Crippen LogP contribution in [-0.4, -0.2) is 0 Å². The number of benzene rings is 1. The van der Waals surface area contributed by atoms with Gasteiger partial charge in [-0.2, -0.15) is 0 Å². The zero-order valence-corrected chi connectivity index (χ0v) is 8.59. The molecule has 0 spiro atoms. The first-order valence-corrected chi connectivity index (χ1v) is 4.87. The lowest BCUT2D eigenvalue weighted by molar-refractivity contribution is 0.481. The van der Waals surface area contributed by atoms with E-state index >= 15 is 0 Å². The smallest absolute Gasteiger partial charge is 0.0306 e. The molecular formula is C12H17N. The maximum Gasteiger partial charge on any atom is 0.0306 e. The highest BCUT2D eigenvalue weighted by molar-refractivity contribution is 5.42. The second-order valence-electron chi connectivity index (χ2n) is 4.79. The standard InChI is InChI=1S/C12H17N/c1-8-4-5-10-9(6-8)11(13)7-12(10,2)3/h4-6,11H,7,13H2,1-3H3/t11-/m1/s1. The van der Waals surface area contributed by atoms with Crippen LogP contribution in [0, 0.1) is 6.92 Å². The number of rotatable bonds is 0. The lowest BCUT2D eigenvalue weighted by Gasteiger charge is -2.18. The highest BCUT2D eigenvalue weighted by Crippen LogP contribution is 2.43. The van der Waals surface area contributed by atoms with E-state index in [1.807, 2.05) is 0 Å². The number of nitrogens with two attached hydrogens (primary N) is 1. The maximum atomic E-state index is 6.09. The zero-order valence-electron chi connectivity index (χ0n) is 8.59. The largest absolute Gasteiger partial charge is 0.324 e. The fraction of sp³-hybridized carbons (Fsp3) is 0.500. The minimum atomic E-state index is 0.241. The van der Waals surface area contributed by atoms with Crippen molar-refractivity contribution in [1.29, 1.82) is 0 Å². The van der Waals surface area contributed by atoms with E-state index in [2.05, 4.69) is 39.0 Å². The zero-order chi connectivity index (χ0) is 9.64. The molecule has 0 saturated heterocycles. The molecule has 70 valence electrons. The molecule has 1 aromatic rings. The molecule has 1 heteroatoms. The molecule has 0 fully saturated rings. The molecule has 0 heterocycles. The van der Waals surface area contributed by atoms with Gasteiger partial charge in [-0.15, -0.1) is 0 Å². The molecule has 1 atom stereocenters. The van der Waals surface area contributed by atoms with Gasteiger partial charge in [-0.25, -0.2) is 0 Å². The van der Waals surface area contributed by atoms with E-state index in [9.17, 15) is 0 Å². The van der Waals surface area contributed by atoms with Crippen molar-refractivity contribution < 1.29 is 0 Å². The Kier molecular flexibility index (Phi) is 1.74. The summed E-state index contributed by atoms with van der Waals surface area (Å²) < 4.78 is 0. The van der Waals surface area contributed by atoms with Crippen LogP contribution in [0.2, 0.25) is 0 Å². The van der Waals surface area contributed by atoms with Gasteiger partial charge >= 0.3 is 0 Å². The average molecular weight is 175 g/mol. The highest BCUT2D eigenvalue weighted by Gasteiger charge is 2.34. The third-order valence-electron chi connectivity index (χ3n) is 3.07. The summed E-state index contributed by atoms with van der Waals surface area (Å²) in [6.07, 6.45) is 1.08. The van der Waals surface area contributed by atoms with E-state index in [-0.39, 0.29) is 11.5 Å². The third-order valence-corrected chi connectivity index (χ3v) is 3.07.